The molecule has 156 valence electrons. The van der Waals surface area contributed by atoms with Gasteiger partial charge in [0.05, 0.1) is 4.90 Å². The number of hydrogen-bond donors (Lipinski definition) is 1. The molecule has 1 aliphatic heterocycles. The van der Waals surface area contributed by atoms with Crippen LogP contribution in [0.5, 0.6) is 0 Å². The fourth-order valence-electron chi connectivity index (χ4n) is 3.08. The molecule has 6 nitrogen and oxygen atoms in total. The second kappa shape index (κ2) is 8.93. The van der Waals surface area contributed by atoms with Gasteiger partial charge in [0.15, 0.2) is 0 Å². The van der Waals surface area contributed by atoms with E-state index < -0.39 is 38.9 Å². The first-order valence-electron chi connectivity index (χ1n) is 8.99. The fourth-order valence-corrected chi connectivity index (χ4v) is 4.50. The van der Waals surface area contributed by atoms with Crippen molar-refractivity contribution in [2.45, 2.75) is 4.90 Å². The Bertz CT molecular complexity index is 956. The van der Waals surface area contributed by atoms with Crippen molar-refractivity contribution in [3.05, 3.63) is 65.5 Å². The average molecular weight is 427 g/mol. The third kappa shape index (κ3) is 4.95. The van der Waals surface area contributed by atoms with Gasteiger partial charge in [0.25, 0.3) is 5.91 Å². The molecule has 0 aromatic heterocycles. The van der Waals surface area contributed by atoms with E-state index in [1.165, 1.54) is 22.5 Å². The highest BCUT2D eigenvalue weighted by Gasteiger charge is 2.28. The summed E-state index contributed by atoms with van der Waals surface area (Å²) in [6.45, 7) is 1.93. The number of sulfonamides is 1. The second-order valence-electron chi connectivity index (χ2n) is 6.55. The Morgan fingerprint density at radius 2 is 1.52 bits per heavy atom. The summed E-state index contributed by atoms with van der Waals surface area (Å²) in [5, 5.41) is 2.47. The van der Waals surface area contributed by atoms with Crippen molar-refractivity contribution in [1.82, 2.24) is 14.5 Å². The summed E-state index contributed by atoms with van der Waals surface area (Å²) in [5.74, 6) is -3.20. The molecule has 1 fully saturated rings. The number of hydrogen-bond acceptors (Lipinski definition) is 4. The van der Waals surface area contributed by atoms with E-state index >= 15 is 0 Å². The number of rotatable bonds is 6. The Balaban J connectivity index is 1.49. The zero-order valence-corrected chi connectivity index (χ0v) is 16.3. The van der Waals surface area contributed by atoms with Crippen LogP contribution in [0.4, 0.5) is 13.2 Å². The number of carbonyl (C=O) groups is 1. The zero-order chi connectivity index (χ0) is 21.0. The fraction of sp³-hybridized carbons (Fsp3) is 0.316. The highest BCUT2D eigenvalue weighted by molar-refractivity contribution is 7.89. The summed E-state index contributed by atoms with van der Waals surface area (Å²) in [7, 11) is -3.69. The molecule has 0 unspecified atom stereocenters. The quantitative estimate of drug-likeness (QED) is 0.764. The number of piperazine rings is 1. The van der Waals surface area contributed by atoms with Gasteiger partial charge in [-0.15, -0.1) is 0 Å². The molecule has 29 heavy (non-hydrogen) atoms. The monoisotopic (exact) mass is 427 g/mol. The summed E-state index contributed by atoms with van der Waals surface area (Å²) in [6, 6.07) is 7.87. The van der Waals surface area contributed by atoms with Crippen LogP contribution in [0.3, 0.4) is 0 Å². The van der Waals surface area contributed by atoms with Crippen molar-refractivity contribution in [2.75, 3.05) is 39.3 Å². The molecule has 1 aliphatic rings. The molecular weight excluding hydrogens is 407 g/mol. The molecule has 0 atom stereocenters. The predicted molar refractivity (Wildman–Crippen MR) is 100 cm³/mol. The zero-order valence-electron chi connectivity index (χ0n) is 15.4. The molecule has 3 rings (SSSR count). The predicted octanol–water partition coefficient (Wildman–Crippen LogP) is 1.84. The van der Waals surface area contributed by atoms with Crippen LogP contribution in [-0.4, -0.2) is 62.8 Å². The van der Waals surface area contributed by atoms with Crippen molar-refractivity contribution in [2.24, 2.45) is 0 Å². The number of carbonyl (C=O) groups excluding carboxylic acids is 1. The van der Waals surface area contributed by atoms with Gasteiger partial charge in [-0.05, 0) is 36.4 Å². The topological polar surface area (TPSA) is 69.7 Å². The van der Waals surface area contributed by atoms with Crippen LogP contribution in [0.15, 0.2) is 47.4 Å². The summed E-state index contributed by atoms with van der Waals surface area (Å²) >= 11 is 0. The second-order valence-corrected chi connectivity index (χ2v) is 8.49. The van der Waals surface area contributed by atoms with Gasteiger partial charge in [0.1, 0.15) is 23.0 Å². The Hall–Kier alpha value is -2.43. The molecule has 10 heteroatoms. The normalized spacial score (nSPS) is 16.0. The van der Waals surface area contributed by atoms with Gasteiger partial charge in [-0.25, -0.2) is 21.6 Å². The molecule has 2 aromatic rings. The van der Waals surface area contributed by atoms with Crippen LogP contribution >= 0.6 is 0 Å². The summed E-state index contributed by atoms with van der Waals surface area (Å²) in [6.07, 6.45) is 0. The number of nitrogens with one attached hydrogen (secondary N) is 1. The van der Waals surface area contributed by atoms with Gasteiger partial charge >= 0.3 is 0 Å². The first kappa shape index (κ1) is 21.3. The molecule has 0 bridgehead atoms. The van der Waals surface area contributed by atoms with Crippen LogP contribution in [0.25, 0.3) is 0 Å². The van der Waals surface area contributed by atoms with E-state index in [1.54, 1.807) is 0 Å². The lowest BCUT2D eigenvalue weighted by Gasteiger charge is -2.33. The van der Waals surface area contributed by atoms with Crippen molar-refractivity contribution >= 4 is 15.9 Å². The highest BCUT2D eigenvalue weighted by atomic mass is 32.2. The van der Waals surface area contributed by atoms with E-state index in [1.807, 2.05) is 4.90 Å². The molecule has 0 radical (unpaired) electrons. The van der Waals surface area contributed by atoms with Crippen LogP contribution in [-0.2, 0) is 10.0 Å². The van der Waals surface area contributed by atoms with Crippen LogP contribution in [0, 0.1) is 17.5 Å². The van der Waals surface area contributed by atoms with Crippen molar-refractivity contribution < 1.29 is 26.4 Å². The van der Waals surface area contributed by atoms with E-state index in [0.717, 1.165) is 24.3 Å². The van der Waals surface area contributed by atoms with Crippen LogP contribution in [0.2, 0.25) is 0 Å². The smallest absolute Gasteiger partial charge is 0.257 e. The first-order valence-corrected chi connectivity index (χ1v) is 10.4. The molecule has 1 saturated heterocycles. The SMILES string of the molecule is O=C(NCCN1CCN(S(=O)(=O)c2ccc(F)cc2)CC1)c1c(F)cccc1F. The third-order valence-corrected chi connectivity index (χ3v) is 6.60. The lowest BCUT2D eigenvalue weighted by Crippen LogP contribution is -2.50. The van der Waals surface area contributed by atoms with Gasteiger partial charge in [0.2, 0.25) is 10.0 Å². The molecule has 2 aromatic carbocycles. The molecule has 0 aliphatic carbocycles. The minimum atomic E-state index is -3.69. The van der Waals surface area contributed by atoms with Crippen LogP contribution < -0.4 is 5.32 Å². The minimum Gasteiger partial charge on any atom is -0.351 e. The van der Waals surface area contributed by atoms with Crippen molar-refractivity contribution in [3.8, 4) is 0 Å². The summed E-state index contributed by atoms with van der Waals surface area (Å²) < 4.78 is 66.7. The largest absolute Gasteiger partial charge is 0.351 e. The van der Waals surface area contributed by atoms with Gasteiger partial charge in [-0.3, -0.25) is 9.69 Å². The standard InChI is InChI=1S/C19H20F3N3O3S/c20-14-4-6-15(7-5-14)29(27,28)25-12-10-24(11-13-25)9-8-23-19(26)18-16(21)2-1-3-17(18)22/h1-7H,8-13H2,(H,23,26). The van der Waals surface area contributed by atoms with Gasteiger partial charge in [0, 0.05) is 39.3 Å². The number of nitrogens with zero attached hydrogens (tertiary/aromatic N) is 2. The number of halogens is 3. The van der Waals surface area contributed by atoms with Crippen molar-refractivity contribution in [1.29, 1.82) is 0 Å². The lowest BCUT2D eigenvalue weighted by molar-refractivity contribution is 0.0936. The first-order chi connectivity index (χ1) is 13.8. The Labute approximate surface area is 167 Å². The maximum Gasteiger partial charge on any atom is 0.257 e. The highest BCUT2D eigenvalue weighted by Crippen LogP contribution is 2.18. The maximum absolute atomic E-state index is 13.6. The molecule has 0 spiro atoms. The molecular formula is C19H20F3N3O3S. The third-order valence-electron chi connectivity index (χ3n) is 4.69. The van der Waals surface area contributed by atoms with E-state index in [4.69, 9.17) is 0 Å². The molecule has 1 heterocycles. The Kier molecular flexibility index (Phi) is 6.56. The van der Waals surface area contributed by atoms with E-state index in [2.05, 4.69) is 5.32 Å². The lowest BCUT2D eigenvalue weighted by atomic mass is 10.2. The Morgan fingerprint density at radius 1 is 0.931 bits per heavy atom. The summed E-state index contributed by atoms with van der Waals surface area (Å²) in [5.41, 5.74) is -0.622. The molecule has 1 N–H and O–H groups in total. The Morgan fingerprint density at radius 3 is 2.10 bits per heavy atom. The number of benzene rings is 2. The van der Waals surface area contributed by atoms with Gasteiger partial charge in [-0.2, -0.15) is 4.31 Å². The molecule has 0 saturated carbocycles. The van der Waals surface area contributed by atoms with E-state index in [-0.39, 0.29) is 24.5 Å². The average Bonchev–Trinajstić information content (AvgIpc) is 2.68. The molecule has 1 amide bonds. The van der Waals surface area contributed by atoms with Crippen molar-refractivity contribution in [3.63, 3.8) is 0 Å². The minimum absolute atomic E-state index is 0.0338. The summed E-state index contributed by atoms with van der Waals surface area (Å²) in [4.78, 5) is 13.9. The van der Waals surface area contributed by atoms with Crippen LogP contribution in [0.1, 0.15) is 10.4 Å². The van der Waals surface area contributed by atoms with Gasteiger partial charge in [-0.1, -0.05) is 6.07 Å². The maximum atomic E-state index is 13.6. The van der Waals surface area contributed by atoms with E-state index in [9.17, 15) is 26.4 Å². The van der Waals surface area contributed by atoms with Gasteiger partial charge < -0.3 is 5.32 Å². The van der Waals surface area contributed by atoms with E-state index in [0.29, 0.717) is 19.6 Å². The number of amides is 1.